The third-order valence-corrected chi connectivity index (χ3v) is 4.56. The molecule has 0 amide bonds. The van der Waals surface area contributed by atoms with Gasteiger partial charge in [-0.15, -0.1) is 0 Å². The van der Waals surface area contributed by atoms with Gasteiger partial charge in [-0.1, -0.05) is 50.6 Å². The minimum absolute atomic E-state index is 0.323. The monoisotopic (exact) mass is 263 g/mol. The summed E-state index contributed by atoms with van der Waals surface area (Å²) < 4.78 is 0. The van der Waals surface area contributed by atoms with Crippen LogP contribution < -0.4 is 0 Å². The number of piperidine rings is 1. The van der Waals surface area contributed by atoms with Crippen LogP contribution in [0.25, 0.3) is 0 Å². The number of likely N-dealkylation sites (tertiary alicyclic amines) is 1. The molecule has 0 saturated carbocycles. The fraction of sp³-hybridized carbons (Fsp3) is 0.625. The van der Waals surface area contributed by atoms with Crippen LogP contribution in [0.4, 0.5) is 0 Å². The Balaban J connectivity index is 2.14. The molecule has 1 heterocycles. The van der Waals surface area contributed by atoms with E-state index in [-0.39, 0.29) is 0 Å². The minimum Gasteiger partial charge on any atom is -0.299 e. The molecule has 18 heavy (non-hydrogen) atoms. The summed E-state index contributed by atoms with van der Waals surface area (Å²) >= 11 is 4.92. The van der Waals surface area contributed by atoms with Gasteiger partial charge in [-0.05, 0) is 37.4 Å². The molecule has 2 rings (SSSR count). The smallest absolute Gasteiger partial charge is 0.0425 e. The molecule has 0 N–H and O–H groups in total. The lowest BCUT2D eigenvalue weighted by Gasteiger charge is -2.40. The molecule has 0 bridgehead atoms. The zero-order valence-electron chi connectivity index (χ0n) is 11.5. The summed E-state index contributed by atoms with van der Waals surface area (Å²) in [6, 6.07) is 11.3. The zero-order chi connectivity index (χ0) is 13.0. The quantitative estimate of drug-likeness (QED) is 0.798. The number of benzene rings is 1. The van der Waals surface area contributed by atoms with Crippen LogP contribution in [0.1, 0.15) is 43.9 Å². The summed E-state index contributed by atoms with van der Waals surface area (Å²) in [5.41, 5.74) is 1.35. The van der Waals surface area contributed by atoms with Gasteiger partial charge < -0.3 is 0 Å². The Morgan fingerprint density at radius 2 is 1.61 bits per heavy atom. The van der Waals surface area contributed by atoms with E-state index in [1.807, 2.05) is 0 Å². The van der Waals surface area contributed by atoms with Crippen LogP contribution in [-0.4, -0.2) is 24.0 Å². The maximum absolute atomic E-state index is 4.92. The van der Waals surface area contributed by atoms with Crippen molar-refractivity contribution in [3.8, 4) is 0 Å². The molecule has 0 spiro atoms. The van der Waals surface area contributed by atoms with Crippen molar-refractivity contribution in [1.29, 1.82) is 0 Å². The van der Waals surface area contributed by atoms with Crippen molar-refractivity contribution in [2.45, 2.75) is 44.4 Å². The lowest BCUT2D eigenvalue weighted by atomic mass is 9.92. The number of nitrogens with zero attached hydrogens (tertiary/aromatic N) is 1. The predicted octanol–water partition coefficient (Wildman–Crippen LogP) is 4.17. The molecule has 1 nitrogen and oxygen atoms in total. The van der Waals surface area contributed by atoms with Gasteiger partial charge in [-0.3, -0.25) is 4.90 Å². The first-order valence-electron chi connectivity index (χ1n) is 7.17. The van der Waals surface area contributed by atoms with Crippen molar-refractivity contribution in [1.82, 2.24) is 4.90 Å². The van der Waals surface area contributed by atoms with Crippen LogP contribution >= 0.6 is 12.6 Å². The van der Waals surface area contributed by atoms with Crippen LogP contribution in [0.3, 0.4) is 0 Å². The van der Waals surface area contributed by atoms with Crippen molar-refractivity contribution in [3.63, 3.8) is 0 Å². The average molecular weight is 263 g/mol. The van der Waals surface area contributed by atoms with E-state index in [4.69, 9.17) is 12.6 Å². The van der Waals surface area contributed by atoms with Gasteiger partial charge in [0.25, 0.3) is 0 Å². The van der Waals surface area contributed by atoms with E-state index in [0.29, 0.717) is 17.2 Å². The van der Waals surface area contributed by atoms with Gasteiger partial charge >= 0.3 is 0 Å². The largest absolute Gasteiger partial charge is 0.299 e. The number of rotatable bonds is 4. The molecule has 100 valence electrons. The Labute approximate surface area is 117 Å². The Kier molecular flexibility index (Phi) is 5.13. The van der Waals surface area contributed by atoms with E-state index < -0.39 is 0 Å². The van der Waals surface area contributed by atoms with Gasteiger partial charge in [0.1, 0.15) is 0 Å². The molecule has 2 heteroatoms. The van der Waals surface area contributed by atoms with E-state index in [2.05, 4.69) is 49.1 Å². The fourth-order valence-electron chi connectivity index (χ4n) is 3.05. The molecule has 0 aromatic heterocycles. The van der Waals surface area contributed by atoms with Crippen molar-refractivity contribution >= 4 is 12.6 Å². The minimum atomic E-state index is 0.323. The molecular formula is C16H25NS. The van der Waals surface area contributed by atoms with Gasteiger partial charge in [0.05, 0.1) is 0 Å². The fourth-order valence-corrected chi connectivity index (χ4v) is 3.75. The topological polar surface area (TPSA) is 3.24 Å². The lowest BCUT2D eigenvalue weighted by Crippen LogP contribution is -2.44. The molecule has 1 aromatic carbocycles. The summed E-state index contributed by atoms with van der Waals surface area (Å²) in [6.45, 7) is 7.14. The maximum Gasteiger partial charge on any atom is 0.0425 e. The van der Waals surface area contributed by atoms with E-state index in [1.165, 1.54) is 37.9 Å². The molecule has 0 unspecified atom stereocenters. The molecule has 0 radical (unpaired) electrons. The zero-order valence-corrected chi connectivity index (χ0v) is 12.4. The number of thiol groups is 1. The summed E-state index contributed by atoms with van der Waals surface area (Å²) in [5, 5.41) is 0.323. The third-order valence-electron chi connectivity index (χ3n) is 3.96. The van der Waals surface area contributed by atoms with E-state index in [1.54, 1.807) is 0 Å². The average Bonchev–Trinajstić information content (AvgIpc) is 2.40. The standard InChI is InChI=1S/C16H25NS/c1-13(2)15(17-11-7-4-8-12-17)16(18)14-9-5-3-6-10-14/h3,5-6,9-10,13,15-16,18H,4,7-8,11-12H2,1-2H3/t15-,16+/m0/s1. The van der Waals surface area contributed by atoms with Crippen molar-refractivity contribution in [2.24, 2.45) is 5.92 Å². The van der Waals surface area contributed by atoms with E-state index in [0.717, 1.165) is 0 Å². The van der Waals surface area contributed by atoms with Crippen LogP contribution in [0.2, 0.25) is 0 Å². The Morgan fingerprint density at radius 3 is 2.17 bits per heavy atom. The second-order valence-corrected chi connectivity index (χ2v) is 6.24. The summed E-state index contributed by atoms with van der Waals surface area (Å²) in [4.78, 5) is 2.65. The van der Waals surface area contributed by atoms with Gasteiger partial charge in [0.2, 0.25) is 0 Å². The molecule has 1 aliphatic heterocycles. The Morgan fingerprint density at radius 1 is 1.00 bits per heavy atom. The molecule has 1 saturated heterocycles. The van der Waals surface area contributed by atoms with Crippen LogP contribution in [0, 0.1) is 5.92 Å². The summed E-state index contributed by atoms with van der Waals surface area (Å²) in [5.74, 6) is 0.644. The molecule has 1 aromatic rings. The highest BCUT2D eigenvalue weighted by Crippen LogP contribution is 2.33. The molecule has 1 aliphatic rings. The molecule has 1 fully saturated rings. The Bertz CT molecular complexity index is 343. The van der Waals surface area contributed by atoms with Gasteiger partial charge in [0, 0.05) is 11.3 Å². The first kappa shape index (κ1) is 14.0. The van der Waals surface area contributed by atoms with E-state index >= 15 is 0 Å². The predicted molar refractivity (Wildman–Crippen MR) is 82.2 cm³/mol. The highest BCUT2D eigenvalue weighted by atomic mass is 32.1. The summed E-state index contributed by atoms with van der Waals surface area (Å²) in [7, 11) is 0. The van der Waals surface area contributed by atoms with Crippen molar-refractivity contribution in [3.05, 3.63) is 35.9 Å². The molecular weight excluding hydrogens is 238 g/mol. The van der Waals surface area contributed by atoms with Crippen LogP contribution in [-0.2, 0) is 0 Å². The van der Waals surface area contributed by atoms with Gasteiger partial charge in [0.15, 0.2) is 0 Å². The molecule has 0 aliphatic carbocycles. The van der Waals surface area contributed by atoms with Crippen LogP contribution in [0.15, 0.2) is 30.3 Å². The lowest BCUT2D eigenvalue weighted by molar-refractivity contribution is 0.126. The second-order valence-electron chi connectivity index (χ2n) is 5.69. The highest BCUT2D eigenvalue weighted by Gasteiger charge is 2.29. The second kappa shape index (κ2) is 6.63. The first-order chi connectivity index (χ1) is 8.70. The Hall–Kier alpha value is -0.470. The van der Waals surface area contributed by atoms with Crippen LogP contribution in [0.5, 0.6) is 0 Å². The first-order valence-corrected chi connectivity index (χ1v) is 7.69. The maximum atomic E-state index is 4.92. The van der Waals surface area contributed by atoms with E-state index in [9.17, 15) is 0 Å². The molecule has 2 atom stereocenters. The van der Waals surface area contributed by atoms with Crippen molar-refractivity contribution in [2.75, 3.05) is 13.1 Å². The normalized spacial score (nSPS) is 20.9. The van der Waals surface area contributed by atoms with Gasteiger partial charge in [-0.25, -0.2) is 0 Å². The number of hydrogen-bond donors (Lipinski definition) is 1. The SMILES string of the molecule is CC(C)[C@@H]([C@H](S)c1ccccc1)N1CCCCC1. The third kappa shape index (κ3) is 3.30. The van der Waals surface area contributed by atoms with Gasteiger partial charge in [-0.2, -0.15) is 12.6 Å². The highest BCUT2D eigenvalue weighted by molar-refractivity contribution is 7.80. The van der Waals surface area contributed by atoms with Crippen molar-refractivity contribution < 1.29 is 0 Å². The number of hydrogen-bond acceptors (Lipinski definition) is 2. The summed E-state index contributed by atoms with van der Waals surface area (Å²) in [6.07, 6.45) is 4.08.